The van der Waals surface area contributed by atoms with Gasteiger partial charge in [0, 0.05) is 23.0 Å². The second kappa shape index (κ2) is 8.44. The summed E-state index contributed by atoms with van der Waals surface area (Å²) in [6, 6.07) is 14.2. The lowest BCUT2D eigenvalue weighted by molar-refractivity contribution is -0.116. The van der Waals surface area contributed by atoms with E-state index in [1.54, 1.807) is 6.07 Å². The van der Waals surface area contributed by atoms with Gasteiger partial charge in [-0.1, -0.05) is 41.7 Å². The molecule has 2 aromatic carbocycles. The number of fused-ring (bicyclic) bond motifs is 1. The van der Waals surface area contributed by atoms with E-state index >= 15 is 0 Å². The monoisotopic (exact) mass is 459 g/mol. The second-order valence-corrected chi connectivity index (χ2v) is 9.60. The van der Waals surface area contributed by atoms with E-state index in [2.05, 4.69) is 25.2 Å². The maximum atomic E-state index is 13.9. The number of nitrogens with one attached hydrogen (secondary N) is 3. The molecule has 0 atom stereocenters. The number of carbonyl (C=O) groups is 1. The van der Waals surface area contributed by atoms with Crippen LogP contribution in [0, 0.1) is 5.82 Å². The van der Waals surface area contributed by atoms with Crippen LogP contribution in [0.25, 0.3) is 22.2 Å². The van der Waals surface area contributed by atoms with Crippen LogP contribution in [-0.4, -0.2) is 35.8 Å². The molecule has 0 saturated heterocycles. The average Bonchev–Trinajstić information content (AvgIpc) is 3.29. The van der Waals surface area contributed by atoms with Crippen molar-refractivity contribution in [3.63, 3.8) is 0 Å². The van der Waals surface area contributed by atoms with Gasteiger partial charge in [0.1, 0.15) is 5.82 Å². The second-order valence-electron chi connectivity index (χ2n) is 6.87. The SMILES string of the molecule is CS(=O)(=O)Nc1nnc(NC(=O)CCc2c(-c3ccccc3)[nH]c3ccc(F)cc23)s1. The molecule has 3 N–H and O–H groups in total. The summed E-state index contributed by atoms with van der Waals surface area (Å²) >= 11 is 0.916. The maximum absolute atomic E-state index is 13.9. The summed E-state index contributed by atoms with van der Waals surface area (Å²) in [6.45, 7) is 0. The molecule has 0 bridgehead atoms. The van der Waals surface area contributed by atoms with E-state index in [9.17, 15) is 17.6 Å². The molecule has 0 unspecified atom stereocenters. The summed E-state index contributed by atoms with van der Waals surface area (Å²) in [5, 5.41) is 11.0. The van der Waals surface area contributed by atoms with Gasteiger partial charge >= 0.3 is 0 Å². The number of benzene rings is 2. The van der Waals surface area contributed by atoms with E-state index in [1.165, 1.54) is 12.1 Å². The van der Waals surface area contributed by atoms with Crippen LogP contribution in [0.15, 0.2) is 48.5 Å². The highest BCUT2D eigenvalue weighted by Crippen LogP contribution is 2.32. The Bertz CT molecular complexity index is 1350. The quantitative estimate of drug-likeness (QED) is 0.389. The fourth-order valence-electron chi connectivity index (χ4n) is 3.22. The Labute approximate surface area is 181 Å². The van der Waals surface area contributed by atoms with Gasteiger partial charge in [-0.05, 0) is 35.7 Å². The topological polar surface area (TPSA) is 117 Å². The number of anilines is 2. The number of halogens is 1. The normalized spacial score (nSPS) is 11.5. The molecule has 8 nitrogen and oxygen atoms in total. The zero-order chi connectivity index (χ0) is 22.0. The molecular formula is C20H18FN5O3S2. The van der Waals surface area contributed by atoms with Crippen molar-refractivity contribution in [1.82, 2.24) is 15.2 Å². The van der Waals surface area contributed by atoms with E-state index in [4.69, 9.17) is 0 Å². The highest BCUT2D eigenvalue weighted by atomic mass is 32.2. The van der Waals surface area contributed by atoms with Gasteiger partial charge in [0.25, 0.3) is 0 Å². The third kappa shape index (κ3) is 5.06. The van der Waals surface area contributed by atoms with Crippen molar-refractivity contribution < 1.29 is 17.6 Å². The van der Waals surface area contributed by atoms with Gasteiger partial charge in [0.2, 0.25) is 26.2 Å². The molecule has 2 aromatic heterocycles. The molecule has 31 heavy (non-hydrogen) atoms. The van der Waals surface area contributed by atoms with Crippen LogP contribution in [-0.2, 0) is 21.2 Å². The first-order chi connectivity index (χ1) is 14.8. The third-order valence-electron chi connectivity index (χ3n) is 4.48. The number of hydrogen-bond donors (Lipinski definition) is 3. The van der Waals surface area contributed by atoms with Crippen LogP contribution in [0.2, 0.25) is 0 Å². The molecule has 160 valence electrons. The number of aryl methyl sites for hydroxylation is 1. The zero-order valence-corrected chi connectivity index (χ0v) is 18.0. The van der Waals surface area contributed by atoms with Gasteiger partial charge in [0.05, 0.1) is 6.26 Å². The first-order valence-electron chi connectivity index (χ1n) is 9.25. The van der Waals surface area contributed by atoms with Gasteiger partial charge in [-0.15, -0.1) is 10.2 Å². The van der Waals surface area contributed by atoms with Crippen LogP contribution in [0.4, 0.5) is 14.7 Å². The molecule has 0 aliphatic heterocycles. The molecule has 0 saturated carbocycles. The van der Waals surface area contributed by atoms with E-state index < -0.39 is 10.0 Å². The standard InChI is InChI=1S/C20H18FN5O3S2/c1-31(28,29)26-20-25-24-19(30-20)23-17(27)10-8-14-15-11-13(21)7-9-16(15)22-18(14)12-5-3-2-4-6-12/h2-7,9,11,22H,8,10H2,1H3,(H,25,26)(H,23,24,27). The maximum Gasteiger partial charge on any atom is 0.231 e. The van der Waals surface area contributed by atoms with Crippen molar-refractivity contribution in [2.24, 2.45) is 0 Å². The Morgan fingerprint density at radius 2 is 1.87 bits per heavy atom. The summed E-state index contributed by atoms with van der Waals surface area (Å²) in [6.07, 6.45) is 1.49. The fourth-order valence-corrected chi connectivity index (χ4v) is 4.71. The Hall–Kier alpha value is -3.31. The number of rotatable bonds is 7. The number of aromatic nitrogens is 3. The van der Waals surface area contributed by atoms with Crippen molar-refractivity contribution in [3.05, 3.63) is 59.9 Å². The molecule has 2 heterocycles. The first-order valence-corrected chi connectivity index (χ1v) is 12.0. The predicted octanol–water partition coefficient (Wildman–Crippen LogP) is 3.77. The Kier molecular flexibility index (Phi) is 5.70. The number of hydrogen-bond acceptors (Lipinski definition) is 6. The lowest BCUT2D eigenvalue weighted by Gasteiger charge is -2.06. The van der Waals surface area contributed by atoms with E-state index in [0.29, 0.717) is 6.42 Å². The number of sulfonamides is 1. The number of nitrogens with zero attached hydrogens (tertiary/aromatic N) is 2. The van der Waals surface area contributed by atoms with Crippen LogP contribution < -0.4 is 10.0 Å². The van der Waals surface area contributed by atoms with Gasteiger partial charge < -0.3 is 10.3 Å². The van der Waals surface area contributed by atoms with Gasteiger partial charge in [-0.2, -0.15) is 0 Å². The smallest absolute Gasteiger partial charge is 0.231 e. The molecule has 4 rings (SSSR count). The largest absolute Gasteiger partial charge is 0.354 e. The van der Waals surface area contributed by atoms with Crippen LogP contribution in [0.5, 0.6) is 0 Å². The lowest BCUT2D eigenvalue weighted by Crippen LogP contribution is -2.12. The minimum atomic E-state index is -3.48. The summed E-state index contributed by atoms with van der Waals surface area (Å²) in [7, 11) is -3.48. The molecule has 0 aliphatic rings. The van der Waals surface area contributed by atoms with E-state index in [-0.39, 0.29) is 28.4 Å². The zero-order valence-electron chi connectivity index (χ0n) is 16.3. The summed E-state index contributed by atoms with van der Waals surface area (Å²) in [5.74, 6) is -0.664. The van der Waals surface area contributed by atoms with Crippen molar-refractivity contribution >= 4 is 48.4 Å². The highest BCUT2D eigenvalue weighted by Gasteiger charge is 2.16. The average molecular weight is 460 g/mol. The Balaban J connectivity index is 1.53. The number of amides is 1. The van der Waals surface area contributed by atoms with E-state index in [0.717, 1.165) is 45.3 Å². The number of carbonyl (C=O) groups excluding carboxylic acids is 1. The van der Waals surface area contributed by atoms with Gasteiger partial charge in [-0.3, -0.25) is 9.52 Å². The van der Waals surface area contributed by atoms with Crippen LogP contribution in [0.1, 0.15) is 12.0 Å². The van der Waals surface area contributed by atoms with Gasteiger partial charge in [-0.25, -0.2) is 12.8 Å². The molecule has 0 radical (unpaired) electrons. The third-order valence-corrected chi connectivity index (χ3v) is 5.92. The van der Waals surface area contributed by atoms with Crippen LogP contribution >= 0.6 is 11.3 Å². The number of aromatic amines is 1. The van der Waals surface area contributed by atoms with Crippen molar-refractivity contribution in [1.29, 1.82) is 0 Å². The van der Waals surface area contributed by atoms with Crippen LogP contribution in [0.3, 0.4) is 0 Å². The van der Waals surface area contributed by atoms with Crippen molar-refractivity contribution in [2.45, 2.75) is 12.8 Å². The van der Waals surface area contributed by atoms with E-state index in [1.807, 2.05) is 30.3 Å². The summed E-state index contributed by atoms with van der Waals surface area (Å²) in [4.78, 5) is 15.8. The van der Waals surface area contributed by atoms with Crippen molar-refractivity contribution in [3.8, 4) is 11.3 Å². The molecule has 4 aromatic rings. The molecule has 0 aliphatic carbocycles. The minimum Gasteiger partial charge on any atom is -0.354 e. The first kappa shape index (κ1) is 20.9. The minimum absolute atomic E-state index is 0.0660. The van der Waals surface area contributed by atoms with Gasteiger partial charge in [0.15, 0.2) is 0 Å². The summed E-state index contributed by atoms with van der Waals surface area (Å²) in [5.41, 5.74) is 3.41. The number of H-pyrrole nitrogens is 1. The molecule has 11 heteroatoms. The molecule has 1 amide bonds. The summed E-state index contributed by atoms with van der Waals surface area (Å²) < 4.78 is 38.6. The lowest BCUT2D eigenvalue weighted by atomic mass is 10.0. The fraction of sp³-hybridized carbons (Fsp3) is 0.150. The predicted molar refractivity (Wildman–Crippen MR) is 119 cm³/mol. The highest BCUT2D eigenvalue weighted by molar-refractivity contribution is 7.92. The molecular weight excluding hydrogens is 441 g/mol. The Morgan fingerprint density at radius 3 is 2.61 bits per heavy atom. The Morgan fingerprint density at radius 1 is 1.13 bits per heavy atom. The van der Waals surface area contributed by atoms with Crippen molar-refractivity contribution in [2.75, 3.05) is 16.3 Å². The molecule has 0 fully saturated rings. The molecule has 0 spiro atoms.